The molecule has 1 N–H and O–H groups in total. The smallest absolute Gasteiger partial charge is 0.126 e. The predicted octanol–water partition coefficient (Wildman–Crippen LogP) is 2.21. The van der Waals surface area contributed by atoms with Crippen molar-refractivity contribution in [2.24, 2.45) is 0 Å². The maximum Gasteiger partial charge on any atom is 0.126 e. The van der Waals surface area contributed by atoms with Gasteiger partial charge in [0, 0.05) is 18.0 Å². The molecule has 0 amide bonds. The van der Waals surface area contributed by atoms with Crippen LogP contribution < -0.4 is 0 Å². The maximum absolute atomic E-state index is 10.5. The van der Waals surface area contributed by atoms with Gasteiger partial charge in [0.15, 0.2) is 0 Å². The molecular weight excluding hydrogens is 276 g/mol. The van der Waals surface area contributed by atoms with Gasteiger partial charge in [0.1, 0.15) is 15.2 Å². The van der Waals surface area contributed by atoms with Crippen LogP contribution in [0.3, 0.4) is 0 Å². The van der Waals surface area contributed by atoms with Gasteiger partial charge in [-0.25, -0.2) is 4.98 Å². The van der Waals surface area contributed by atoms with E-state index >= 15 is 0 Å². The monoisotopic (exact) mass is 290 g/mol. The molecule has 1 aromatic rings. The number of likely N-dealkylation sites (tertiary alicyclic amines) is 1. The zero-order chi connectivity index (χ0) is 11.1. The molecule has 1 saturated heterocycles. The predicted molar refractivity (Wildman–Crippen MR) is 65.0 cm³/mol. The first-order chi connectivity index (χ1) is 7.01. The fraction of sp³-hybridized carbons (Fsp3) is 0.700. The average Bonchev–Trinajstić information content (AvgIpc) is 2.60. The van der Waals surface area contributed by atoms with Crippen molar-refractivity contribution in [3.8, 4) is 0 Å². The third kappa shape index (κ3) is 2.25. The molecule has 0 aromatic carbocycles. The van der Waals surface area contributed by atoms with E-state index in [1.54, 1.807) is 0 Å². The van der Waals surface area contributed by atoms with Crippen LogP contribution in [-0.4, -0.2) is 34.6 Å². The highest BCUT2D eigenvalue weighted by molar-refractivity contribution is 9.10. The van der Waals surface area contributed by atoms with E-state index in [9.17, 15) is 5.11 Å². The first-order valence-electron chi connectivity index (χ1n) is 5.05. The van der Waals surface area contributed by atoms with E-state index in [0.717, 1.165) is 29.0 Å². The number of nitrogens with zero attached hydrogens (tertiary/aromatic N) is 2. The van der Waals surface area contributed by atoms with E-state index in [0.29, 0.717) is 6.04 Å². The fourth-order valence-electron chi connectivity index (χ4n) is 1.99. The minimum Gasteiger partial charge on any atom is -0.383 e. The van der Waals surface area contributed by atoms with Crippen LogP contribution in [0.4, 0.5) is 0 Å². The molecular formula is C10H15BrN2OS. The van der Waals surface area contributed by atoms with Crippen molar-refractivity contribution in [2.75, 3.05) is 13.6 Å². The van der Waals surface area contributed by atoms with Crippen molar-refractivity contribution in [2.45, 2.75) is 31.4 Å². The first-order valence-corrected chi connectivity index (χ1v) is 6.73. The molecule has 2 atom stereocenters. The van der Waals surface area contributed by atoms with Gasteiger partial charge in [-0.3, -0.25) is 0 Å². The molecule has 1 fully saturated rings. The Bertz CT molecular complexity index is 357. The van der Waals surface area contributed by atoms with E-state index in [1.165, 1.54) is 11.3 Å². The first kappa shape index (κ1) is 11.5. The maximum atomic E-state index is 10.5. The Morgan fingerprint density at radius 2 is 2.47 bits per heavy atom. The SMILES string of the molecule is CC1CC(O)(c2nc(Br)cs2)CCN1C. The fourth-order valence-corrected chi connectivity index (χ4v) is 3.38. The molecule has 1 aliphatic rings. The summed E-state index contributed by atoms with van der Waals surface area (Å²) < 4.78 is 0.822. The van der Waals surface area contributed by atoms with E-state index in [2.05, 4.69) is 39.8 Å². The topological polar surface area (TPSA) is 36.4 Å². The number of thiazole rings is 1. The van der Waals surface area contributed by atoms with Crippen LogP contribution >= 0.6 is 27.3 Å². The minimum absolute atomic E-state index is 0.409. The van der Waals surface area contributed by atoms with E-state index < -0.39 is 5.60 Å². The van der Waals surface area contributed by atoms with E-state index in [4.69, 9.17) is 0 Å². The molecule has 2 heterocycles. The summed E-state index contributed by atoms with van der Waals surface area (Å²) in [5.41, 5.74) is -0.720. The van der Waals surface area contributed by atoms with Gasteiger partial charge < -0.3 is 10.0 Å². The lowest BCUT2D eigenvalue weighted by Crippen LogP contribution is -2.45. The highest BCUT2D eigenvalue weighted by atomic mass is 79.9. The second kappa shape index (κ2) is 4.13. The molecule has 3 nitrogen and oxygen atoms in total. The summed E-state index contributed by atoms with van der Waals surface area (Å²) in [6.45, 7) is 3.07. The van der Waals surface area contributed by atoms with Gasteiger partial charge in [0.25, 0.3) is 0 Å². The summed E-state index contributed by atoms with van der Waals surface area (Å²) in [5.74, 6) is 0. The number of aliphatic hydroxyl groups is 1. The van der Waals surface area contributed by atoms with Crippen molar-refractivity contribution in [3.63, 3.8) is 0 Å². The number of piperidine rings is 1. The molecule has 5 heteroatoms. The Morgan fingerprint density at radius 1 is 1.73 bits per heavy atom. The van der Waals surface area contributed by atoms with Crippen LogP contribution in [0, 0.1) is 0 Å². The Labute approximate surface area is 102 Å². The van der Waals surface area contributed by atoms with Gasteiger partial charge >= 0.3 is 0 Å². The number of rotatable bonds is 1. The standard InChI is InChI=1S/C10H15BrN2OS/c1-7-5-10(14,3-4-13(7)2)9-12-8(11)6-15-9/h6-7,14H,3-5H2,1-2H3. The zero-order valence-electron chi connectivity index (χ0n) is 8.90. The van der Waals surface area contributed by atoms with Gasteiger partial charge in [-0.05, 0) is 42.7 Å². The van der Waals surface area contributed by atoms with Crippen molar-refractivity contribution >= 4 is 27.3 Å². The molecule has 0 spiro atoms. The molecule has 15 heavy (non-hydrogen) atoms. The Hall–Kier alpha value is 0.0300. The van der Waals surface area contributed by atoms with Crippen molar-refractivity contribution < 1.29 is 5.11 Å². The third-order valence-electron chi connectivity index (χ3n) is 3.14. The van der Waals surface area contributed by atoms with E-state index in [1.807, 2.05) is 5.38 Å². The summed E-state index contributed by atoms with van der Waals surface area (Å²) >= 11 is 4.86. The quantitative estimate of drug-likeness (QED) is 0.862. The van der Waals surface area contributed by atoms with Crippen LogP contribution in [0.1, 0.15) is 24.8 Å². The second-order valence-electron chi connectivity index (χ2n) is 4.29. The molecule has 2 unspecified atom stereocenters. The highest BCUT2D eigenvalue weighted by Gasteiger charge is 2.38. The van der Waals surface area contributed by atoms with Crippen LogP contribution in [-0.2, 0) is 5.60 Å². The van der Waals surface area contributed by atoms with Crippen LogP contribution in [0.25, 0.3) is 0 Å². The molecule has 1 aliphatic heterocycles. The van der Waals surface area contributed by atoms with Crippen molar-refractivity contribution in [3.05, 3.63) is 15.0 Å². The molecule has 0 radical (unpaired) electrons. The lowest BCUT2D eigenvalue weighted by atomic mass is 9.88. The summed E-state index contributed by atoms with van der Waals surface area (Å²) in [4.78, 5) is 6.61. The lowest BCUT2D eigenvalue weighted by molar-refractivity contribution is -0.0410. The molecule has 1 aromatic heterocycles. The van der Waals surface area contributed by atoms with Crippen molar-refractivity contribution in [1.82, 2.24) is 9.88 Å². The number of aromatic nitrogens is 1. The summed E-state index contributed by atoms with van der Waals surface area (Å²) in [6.07, 6.45) is 1.54. The van der Waals surface area contributed by atoms with Crippen LogP contribution in [0.15, 0.2) is 9.98 Å². The van der Waals surface area contributed by atoms with Gasteiger partial charge in [0.05, 0.1) is 0 Å². The van der Waals surface area contributed by atoms with Crippen molar-refractivity contribution in [1.29, 1.82) is 0 Å². The lowest BCUT2D eigenvalue weighted by Gasteiger charge is -2.39. The van der Waals surface area contributed by atoms with Gasteiger partial charge in [0.2, 0.25) is 0 Å². The number of hydrogen-bond donors (Lipinski definition) is 1. The number of halogens is 1. The number of hydrogen-bond acceptors (Lipinski definition) is 4. The van der Waals surface area contributed by atoms with Gasteiger partial charge in [-0.15, -0.1) is 11.3 Å². The largest absolute Gasteiger partial charge is 0.383 e. The van der Waals surface area contributed by atoms with Gasteiger partial charge in [-0.2, -0.15) is 0 Å². The normalized spacial score (nSPS) is 33.2. The Balaban J connectivity index is 2.20. The van der Waals surface area contributed by atoms with Crippen LogP contribution in [0.5, 0.6) is 0 Å². The average molecular weight is 291 g/mol. The molecule has 0 saturated carbocycles. The zero-order valence-corrected chi connectivity index (χ0v) is 11.3. The Morgan fingerprint density at radius 3 is 3.00 bits per heavy atom. The molecule has 84 valence electrons. The summed E-state index contributed by atoms with van der Waals surface area (Å²) in [7, 11) is 2.10. The minimum atomic E-state index is -0.720. The molecule has 2 rings (SSSR count). The highest BCUT2D eigenvalue weighted by Crippen LogP contribution is 2.37. The summed E-state index contributed by atoms with van der Waals surface area (Å²) in [6, 6.07) is 0.409. The molecule has 0 aliphatic carbocycles. The second-order valence-corrected chi connectivity index (χ2v) is 5.96. The van der Waals surface area contributed by atoms with E-state index in [-0.39, 0.29) is 0 Å². The summed E-state index contributed by atoms with van der Waals surface area (Å²) in [5, 5.41) is 13.3. The third-order valence-corrected chi connectivity index (χ3v) is 4.88. The van der Waals surface area contributed by atoms with Gasteiger partial charge in [-0.1, -0.05) is 0 Å². The molecule has 0 bridgehead atoms. The Kier molecular flexibility index (Phi) is 3.17. The van der Waals surface area contributed by atoms with Crippen LogP contribution in [0.2, 0.25) is 0 Å².